The number of hydrogen-bond donors (Lipinski definition) is 1. The topological polar surface area (TPSA) is 52.2 Å². The molecular weight excluding hydrogens is 264 g/mol. The molecule has 1 fully saturated rings. The maximum Gasteiger partial charge on any atom is 0.283 e. The number of nitrogens with zero attached hydrogens (tertiary/aromatic N) is 1. The van der Waals surface area contributed by atoms with Gasteiger partial charge in [-0.1, -0.05) is 25.1 Å². The van der Waals surface area contributed by atoms with Crippen molar-refractivity contribution in [2.45, 2.75) is 52.4 Å². The second-order valence-corrected chi connectivity index (χ2v) is 5.52. The highest BCUT2D eigenvalue weighted by Gasteiger charge is 2.37. The van der Waals surface area contributed by atoms with E-state index in [1.54, 1.807) is 26.0 Å². The van der Waals surface area contributed by atoms with Crippen molar-refractivity contribution in [3.63, 3.8) is 0 Å². The van der Waals surface area contributed by atoms with Crippen LogP contribution in [0.2, 0.25) is 0 Å². The summed E-state index contributed by atoms with van der Waals surface area (Å²) in [6.45, 7) is -3.48. The first-order valence-electron chi connectivity index (χ1n) is 10.6. The van der Waals surface area contributed by atoms with Gasteiger partial charge in [0, 0.05) is 19.0 Å². The number of quaternary nitrogens is 1. The summed E-state index contributed by atoms with van der Waals surface area (Å²) < 4.78 is 52.3. The maximum absolute atomic E-state index is 13.6. The molecular formula is C17H26N2O2. The number of nitrogens with one attached hydrogen (secondary N) is 1. The van der Waals surface area contributed by atoms with Crippen LogP contribution in [0.4, 0.5) is 5.69 Å². The number of rotatable bonds is 4. The summed E-state index contributed by atoms with van der Waals surface area (Å²) in [5.74, 6) is -0.725. The summed E-state index contributed by atoms with van der Waals surface area (Å²) in [4.78, 5) is 13.0. The predicted octanol–water partition coefficient (Wildman–Crippen LogP) is 3.52. The molecule has 1 aromatic rings. The van der Waals surface area contributed by atoms with Crippen LogP contribution >= 0.6 is 0 Å². The summed E-state index contributed by atoms with van der Waals surface area (Å²) in [5, 5.41) is 16.3. The van der Waals surface area contributed by atoms with Crippen LogP contribution in [-0.2, 0) is 4.79 Å². The van der Waals surface area contributed by atoms with Crippen molar-refractivity contribution in [1.29, 1.82) is 0 Å². The Morgan fingerprint density at radius 1 is 1.48 bits per heavy atom. The molecule has 1 aliphatic heterocycles. The van der Waals surface area contributed by atoms with Gasteiger partial charge in [0.05, 0.1) is 15.8 Å². The third kappa shape index (κ3) is 3.44. The van der Waals surface area contributed by atoms with Crippen LogP contribution in [0.3, 0.4) is 0 Å². The standard InChI is InChI=1S/C17H26N2O2/c1-4-11-19(21)12-6-5-10-15(19)17(20)18-16-13(2)8-7-9-14(16)3/h7-9,15H,4-6,10-12H2,1-3H3,(H,18,20)/t15-,19?/m0/s1/i1D3,4D2,11D2. The van der Waals surface area contributed by atoms with E-state index in [1.165, 1.54) is 0 Å². The van der Waals surface area contributed by atoms with Crippen LogP contribution in [0.1, 0.15) is 53.2 Å². The number of anilines is 1. The van der Waals surface area contributed by atoms with Gasteiger partial charge in [0.15, 0.2) is 6.04 Å². The molecule has 2 atom stereocenters. The SMILES string of the molecule is [2H]C([2H])([2H])C([2H])([2H])C([2H])([2H])[N+]1([O-])CCCC[C@H]1C(=O)Nc1c(C)cccc1C. The van der Waals surface area contributed by atoms with E-state index in [0.717, 1.165) is 11.1 Å². The number of benzene rings is 1. The first-order valence-corrected chi connectivity index (χ1v) is 7.13. The molecule has 0 radical (unpaired) electrons. The van der Waals surface area contributed by atoms with E-state index in [9.17, 15) is 10.0 Å². The van der Waals surface area contributed by atoms with Gasteiger partial charge in [0.25, 0.3) is 5.91 Å². The Balaban J connectivity index is 2.43. The van der Waals surface area contributed by atoms with Crippen LogP contribution < -0.4 is 5.32 Å². The second kappa shape index (κ2) is 6.58. The maximum atomic E-state index is 13.6. The number of piperidine rings is 1. The Bertz CT molecular complexity index is 731. The van der Waals surface area contributed by atoms with E-state index < -0.39 is 36.3 Å². The van der Waals surface area contributed by atoms with Crippen molar-refractivity contribution in [1.82, 2.24) is 0 Å². The van der Waals surface area contributed by atoms with Crippen LogP contribution in [0.5, 0.6) is 0 Å². The van der Waals surface area contributed by atoms with E-state index in [4.69, 9.17) is 9.60 Å². The van der Waals surface area contributed by atoms with Crippen LogP contribution in [0.15, 0.2) is 18.2 Å². The minimum atomic E-state index is -3.42. The number of aryl methyl sites for hydroxylation is 2. The number of likely N-dealkylation sites (tertiary alicyclic amines) is 1. The van der Waals surface area contributed by atoms with Crippen molar-refractivity contribution < 1.29 is 19.0 Å². The zero-order chi connectivity index (χ0) is 21.5. The van der Waals surface area contributed by atoms with Gasteiger partial charge in [-0.25, -0.2) is 0 Å². The number of hydroxylamine groups is 3. The van der Waals surface area contributed by atoms with E-state index >= 15 is 0 Å². The molecule has 0 aromatic heterocycles. The summed E-state index contributed by atoms with van der Waals surface area (Å²) >= 11 is 0. The second-order valence-electron chi connectivity index (χ2n) is 5.52. The van der Waals surface area contributed by atoms with Gasteiger partial charge in [-0.15, -0.1) is 0 Å². The highest BCUT2D eigenvalue weighted by molar-refractivity contribution is 5.95. The van der Waals surface area contributed by atoms with Crippen molar-refractivity contribution in [2.75, 3.05) is 18.4 Å². The summed E-state index contributed by atoms with van der Waals surface area (Å²) in [7, 11) is 0. The number of carbonyl (C=O) groups excluding carboxylic acids is 1. The molecule has 1 heterocycles. The average Bonchev–Trinajstić information content (AvgIpc) is 2.57. The van der Waals surface area contributed by atoms with Crippen molar-refractivity contribution in [2.24, 2.45) is 0 Å². The molecule has 4 nitrogen and oxygen atoms in total. The monoisotopic (exact) mass is 297 g/mol. The lowest BCUT2D eigenvalue weighted by Gasteiger charge is -2.50. The van der Waals surface area contributed by atoms with E-state index in [-0.39, 0.29) is 19.4 Å². The van der Waals surface area contributed by atoms with Gasteiger partial charge in [0.2, 0.25) is 0 Å². The number of para-hydroxylation sites is 1. The Kier molecular flexibility index (Phi) is 2.79. The molecule has 1 unspecified atom stereocenters. The van der Waals surface area contributed by atoms with Gasteiger partial charge in [-0.2, -0.15) is 0 Å². The number of amides is 1. The van der Waals surface area contributed by atoms with Crippen LogP contribution in [0.25, 0.3) is 0 Å². The average molecular weight is 297 g/mol. The van der Waals surface area contributed by atoms with Gasteiger partial charge < -0.3 is 15.2 Å². The molecule has 0 saturated carbocycles. The lowest BCUT2D eigenvalue weighted by molar-refractivity contribution is -0.901. The quantitative estimate of drug-likeness (QED) is 0.683. The molecule has 1 N–H and O–H groups in total. The molecule has 0 aliphatic carbocycles. The lowest BCUT2D eigenvalue weighted by atomic mass is 9.99. The third-order valence-electron chi connectivity index (χ3n) is 4.00. The molecule has 1 saturated heterocycles. The van der Waals surface area contributed by atoms with Gasteiger partial charge in [0.1, 0.15) is 0 Å². The zero-order valence-corrected chi connectivity index (χ0v) is 12.4. The molecule has 4 heteroatoms. The van der Waals surface area contributed by atoms with Gasteiger partial charge >= 0.3 is 0 Å². The fourth-order valence-electron chi connectivity index (χ4n) is 2.82. The van der Waals surface area contributed by atoms with E-state index in [2.05, 4.69) is 5.32 Å². The van der Waals surface area contributed by atoms with E-state index in [1.807, 2.05) is 6.07 Å². The lowest BCUT2D eigenvalue weighted by Crippen LogP contribution is -2.58. The molecule has 0 bridgehead atoms. The largest absolute Gasteiger partial charge is 0.632 e. The predicted molar refractivity (Wildman–Crippen MR) is 85.8 cm³/mol. The van der Waals surface area contributed by atoms with Crippen LogP contribution in [-0.4, -0.2) is 29.6 Å². The van der Waals surface area contributed by atoms with Crippen molar-refractivity contribution >= 4 is 11.6 Å². The molecule has 2 rings (SSSR count). The first kappa shape index (κ1) is 8.91. The van der Waals surface area contributed by atoms with Crippen LogP contribution in [0, 0.1) is 19.1 Å². The Morgan fingerprint density at radius 2 is 2.19 bits per heavy atom. The fourth-order valence-corrected chi connectivity index (χ4v) is 2.82. The fraction of sp³-hybridized carbons (Fsp3) is 0.588. The van der Waals surface area contributed by atoms with Crippen molar-refractivity contribution in [3.05, 3.63) is 34.5 Å². The number of hydrogen-bond acceptors (Lipinski definition) is 2. The minimum absolute atomic E-state index is 0.0524. The highest BCUT2D eigenvalue weighted by atomic mass is 16.5. The zero-order valence-electron chi connectivity index (χ0n) is 19.4. The van der Waals surface area contributed by atoms with Gasteiger partial charge in [-0.3, -0.25) is 4.79 Å². The molecule has 1 aromatic carbocycles. The third-order valence-corrected chi connectivity index (χ3v) is 4.00. The number of carbonyl (C=O) groups is 1. The summed E-state index contributed by atoms with van der Waals surface area (Å²) in [6, 6.07) is 3.95. The van der Waals surface area contributed by atoms with Gasteiger partial charge in [-0.05, 0) is 44.2 Å². The van der Waals surface area contributed by atoms with E-state index in [0.29, 0.717) is 12.1 Å². The summed E-state index contributed by atoms with van der Waals surface area (Å²) in [5.41, 5.74) is 2.06. The Morgan fingerprint density at radius 3 is 2.86 bits per heavy atom. The minimum Gasteiger partial charge on any atom is -0.632 e. The Hall–Kier alpha value is -1.39. The first-order chi connectivity index (χ1) is 12.7. The molecule has 21 heavy (non-hydrogen) atoms. The smallest absolute Gasteiger partial charge is 0.283 e. The molecule has 1 amide bonds. The summed E-state index contributed by atoms with van der Waals surface area (Å²) in [6.07, 6.45) is -2.58. The molecule has 1 aliphatic rings. The molecule has 0 spiro atoms. The normalized spacial score (nSPS) is 32.5. The van der Waals surface area contributed by atoms with Crippen molar-refractivity contribution in [3.8, 4) is 0 Å². The highest BCUT2D eigenvalue weighted by Crippen LogP contribution is 2.27. The molecule has 116 valence electrons. The Labute approximate surface area is 137 Å².